The molecule has 0 saturated heterocycles. The van der Waals surface area contributed by atoms with Crippen LogP contribution in [0.5, 0.6) is 0 Å². The second-order valence-electron chi connectivity index (χ2n) is 1.78. The summed E-state index contributed by atoms with van der Waals surface area (Å²) >= 11 is 0. The van der Waals surface area contributed by atoms with Crippen LogP contribution in [0.2, 0.25) is 0 Å². The summed E-state index contributed by atoms with van der Waals surface area (Å²) < 4.78 is 4.75. The van der Waals surface area contributed by atoms with Gasteiger partial charge in [0.2, 0.25) is 5.89 Å². The first-order valence-corrected chi connectivity index (χ1v) is 3.37. The van der Waals surface area contributed by atoms with Crippen molar-refractivity contribution in [1.82, 2.24) is 4.98 Å². The molecule has 2 heteroatoms. The summed E-state index contributed by atoms with van der Waals surface area (Å²) in [5.41, 5.74) is 0. The van der Waals surface area contributed by atoms with Crippen molar-refractivity contribution in [2.45, 2.75) is 20.3 Å². The lowest BCUT2D eigenvalue weighted by Crippen LogP contribution is -1.61. The molecule has 0 aliphatic carbocycles. The predicted octanol–water partition coefficient (Wildman–Crippen LogP) is 2.73. The maximum absolute atomic E-state index is 4.75. The van der Waals surface area contributed by atoms with Gasteiger partial charge in [-0.3, -0.25) is 0 Å². The van der Waals surface area contributed by atoms with Crippen molar-refractivity contribution >= 4 is 6.08 Å². The van der Waals surface area contributed by atoms with Crippen LogP contribution in [0.15, 0.2) is 23.5 Å². The van der Waals surface area contributed by atoms with Gasteiger partial charge in [0.1, 0.15) is 6.26 Å². The van der Waals surface area contributed by atoms with Gasteiger partial charge in [-0.15, -0.1) is 0 Å². The molecular weight excluding hydrogens is 126 g/mol. The number of hydrogen-bond acceptors (Lipinski definition) is 2. The zero-order valence-electron chi connectivity index (χ0n) is 6.50. The molecule has 0 N–H and O–H groups in total. The first kappa shape index (κ1) is 8.95. The molecule has 0 spiro atoms. The Morgan fingerprint density at radius 2 is 2.30 bits per heavy atom. The fraction of sp³-hybridized carbons (Fsp3) is 0.375. The molecule has 0 saturated carbocycles. The van der Waals surface area contributed by atoms with Gasteiger partial charge >= 0.3 is 0 Å². The van der Waals surface area contributed by atoms with E-state index in [0.29, 0.717) is 5.89 Å². The van der Waals surface area contributed by atoms with Gasteiger partial charge in [0.05, 0.1) is 6.20 Å². The Balaban J connectivity index is 0.000000236. The van der Waals surface area contributed by atoms with Gasteiger partial charge in [0, 0.05) is 0 Å². The molecule has 0 aliphatic heterocycles. The molecular formula is C8H13NO. The second kappa shape index (κ2) is 6.08. The number of oxazole rings is 1. The lowest BCUT2D eigenvalue weighted by molar-refractivity contribution is 0.546. The maximum atomic E-state index is 4.75. The fourth-order valence-corrected chi connectivity index (χ4v) is 0.335. The van der Waals surface area contributed by atoms with Crippen molar-refractivity contribution in [2.24, 2.45) is 0 Å². The molecule has 0 atom stereocenters. The van der Waals surface area contributed by atoms with E-state index in [-0.39, 0.29) is 0 Å². The number of nitrogens with zero attached hydrogens (tertiary/aromatic N) is 1. The lowest BCUT2D eigenvalue weighted by atomic mass is 10.6. The molecule has 0 amide bonds. The summed E-state index contributed by atoms with van der Waals surface area (Å²) in [6, 6.07) is 0. The fourth-order valence-electron chi connectivity index (χ4n) is 0.335. The number of aromatic nitrogens is 1. The van der Waals surface area contributed by atoms with Crippen LogP contribution in [0, 0.1) is 0 Å². The standard InChI is InChI=1S/C5H5NO.C3H8/c1-2-5-6-3-4-7-5;1-3-2/h2-4H,1H2;3H2,1-2H3. The van der Waals surface area contributed by atoms with E-state index in [2.05, 4.69) is 25.4 Å². The number of hydrogen-bond donors (Lipinski definition) is 0. The molecule has 0 aromatic carbocycles. The molecule has 0 unspecified atom stereocenters. The van der Waals surface area contributed by atoms with Crippen LogP contribution in [0.4, 0.5) is 0 Å². The van der Waals surface area contributed by atoms with E-state index < -0.39 is 0 Å². The summed E-state index contributed by atoms with van der Waals surface area (Å²) in [5, 5.41) is 0. The van der Waals surface area contributed by atoms with Crippen LogP contribution in [0.1, 0.15) is 26.2 Å². The summed E-state index contributed by atoms with van der Waals surface area (Å²) in [6.45, 7) is 7.70. The highest BCUT2D eigenvalue weighted by Gasteiger charge is 1.81. The molecule has 0 radical (unpaired) electrons. The first-order valence-electron chi connectivity index (χ1n) is 3.37. The Morgan fingerprint density at radius 3 is 2.50 bits per heavy atom. The van der Waals surface area contributed by atoms with Gasteiger partial charge in [0.15, 0.2) is 0 Å². The maximum Gasteiger partial charge on any atom is 0.217 e. The average Bonchev–Trinajstić information content (AvgIpc) is 2.39. The molecule has 10 heavy (non-hydrogen) atoms. The van der Waals surface area contributed by atoms with Gasteiger partial charge in [-0.2, -0.15) is 0 Å². The normalized spacial score (nSPS) is 7.80. The topological polar surface area (TPSA) is 26.0 Å². The van der Waals surface area contributed by atoms with E-state index in [1.807, 2.05) is 0 Å². The molecule has 0 fully saturated rings. The van der Waals surface area contributed by atoms with Crippen LogP contribution in [-0.4, -0.2) is 4.98 Å². The highest BCUT2D eigenvalue weighted by atomic mass is 16.3. The smallest absolute Gasteiger partial charge is 0.217 e. The van der Waals surface area contributed by atoms with E-state index in [1.54, 1.807) is 12.3 Å². The van der Waals surface area contributed by atoms with Gasteiger partial charge in [0.25, 0.3) is 0 Å². The van der Waals surface area contributed by atoms with Crippen LogP contribution < -0.4 is 0 Å². The monoisotopic (exact) mass is 139 g/mol. The summed E-state index contributed by atoms with van der Waals surface area (Å²) in [5.74, 6) is 0.569. The molecule has 56 valence electrons. The zero-order chi connectivity index (χ0) is 7.82. The van der Waals surface area contributed by atoms with E-state index in [9.17, 15) is 0 Å². The Kier molecular flexibility index (Phi) is 5.44. The molecule has 0 bridgehead atoms. The van der Waals surface area contributed by atoms with E-state index >= 15 is 0 Å². The van der Waals surface area contributed by atoms with E-state index in [0.717, 1.165) is 0 Å². The van der Waals surface area contributed by atoms with Crippen molar-refractivity contribution in [1.29, 1.82) is 0 Å². The Hall–Kier alpha value is -1.05. The average molecular weight is 139 g/mol. The Bertz CT molecular complexity index is 156. The minimum absolute atomic E-state index is 0.569. The van der Waals surface area contributed by atoms with Crippen LogP contribution in [-0.2, 0) is 0 Å². The second-order valence-corrected chi connectivity index (χ2v) is 1.78. The summed E-state index contributed by atoms with van der Waals surface area (Å²) in [7, 11) is 0. The summed E-state index contributed by atoms with van der Waals surface area (Å²) in [6.07, 6.45) is 5.90. The van der Waals surface area contributed by atoms with Crippen molar-refractivity contribution in [3.8, 4) is 0 Å². The quantitative estimate of drug-likeness (QED) is 0.598. The molecule has 2 nitrogen and oxygen atoms in total. The van der Waals surface area contributed by atoms with Crippen LogP contribution in [0.3, 0.4) is 0 Å². The Labute approximate surface area is 61.6 Å². The molecule has 1 aromatic heterocycles. The minimum atomic E-state index is 0.569. The third kappa shape index (κ3) is 3.89. The SMILES string of the molecule is C=Cc1ncco1.CCC. The van der Waals surface area contributed by atoms with Crippen LogP contribution >= 0.6 is 0 Å². The number of rotatable bonds is 1. The zero-order valence-corrected chi connectivity index (χ0v) is 6.50. The predicted molar refractivity (Wildman–Crippen MR) is 42.6 cm³/mol. The van der Waals surface area contributed by atoms with Crippen LogP contribution in [0.25, 0.3) is 6.08 Å². The first-order chi connectivity index (χ1) is 4.85. The highest BCUT2D eigenvalue weighted by molar-refractivity contribution is 5.32. The highest BCUT2D eigenvalue weighted by Crippen LogP contribution is 1.92. The van der Waals surface area contributed by atoms with Crippen molar-refractivity contribution in [3.05, 3.63) is 24.9 Å². The molecule has 1 rings (SSSR count). The van der Waals surface area contributed by atoms with Crippen molar-refractivity contribution in [2.75, 3.05) is 0 Å². The molecule has 1 heterocycles. The third-order valence-corrected chi connectivity index (χ3v) is 0.626. The largest absolute Gasteiger partial charge is 0.445 e. The lowest BCUT2D eigenvalue weighted by Gasteiger charge is -1.71. The minimum Gasteiger partial charge on any atom is -0.445 e. The van der Waals surface area contributed by atoms with Crippen molar-refractivity contribution < 1.29 is 4.42 Å². The van der Waals surface area contributed by atoms with Gasteiger partial charge < -0.3 is 4.42 Å². The van der Waals surface area contributed by atoms with E-state index in [1.165, 1.54) is 12.7 Å². The third-order valence-electron chi connectivity index (χ3n) is 0.626. The van der Waals surface area contributed by atoms with Gasteiger partial charge in [-0.05, 0) is 6.08 Å². The molecule has 0 aliphatic rings. The summed E-state index contributed by atoms with van der Waals surface area (Å²) in [4.78, 5) is 3.75. The van der Waals surface area contributed by atoms with E-state index in [4.69, 9.17) is 4.42 Å². The molecule has 1 aromatic rings. The van der Waals surface area contributed by atoms with Gasteiger partial charge in [-0.1, -0.05) is 26.8 Å². The van der Waals surface area contributed by atoms with Gasteiger partial charge in [-0.25, -0.2) is 4.98 Å². The van der Waals surface area contributed by atoms with Crippen molar-refractivity contribution in [3.63, 3.8) is 0 Å². The Morgan fingerprint density at radius 1 is 1.70 bits per heavy atom.